The van der Waals surface area contributed by atoms with Crippen molar-refractivity contribution in [1.82, 2.24) is 9.80 Å². The third-order valence-electron chi connectivity index (χ3n) is 4.76. The first-order chi connectivity index (χ1) is 11.9. The Hall–Kier alpha value is -0.650. The number of nitrogens with zero attached hydrogens (tertiary/aromatic N) is 2. The van der Waals surface area contributed by atoms with E-state index in [2.05, 4.69) is 25.9 Å². The summed E-state index contributed by atoms with van der Waals surface area (Å²) in [6.45, 7) is 8.99. The van der Waals surface area contributed by atoms with Gasteiger partial charge in [-0.3, -0.25) is 4.79 Å². The summed E-state index contributed by atoms with van der Waals surface area (Å²) in [5.74, 6) is -0.278. The molecule has 0 bridgehead atoms. The second-order valence-electron chi connectivity index (χ2n) is 7.94. The van der Waals surface area contributed by atoms with Crippen LogP contribution in [0.3, 0.4) is 0 Å². The van der Waals surface area contributed by atoms with Gasteiger partial charge in [0.2, 0.25) is 5.91 Å². The van der Waals surface area contributed by atoms with Crippen LogP contribution in [0.15, 0.2) is 0 Å². The van der Waals surface area contributed by atoms with Crippen LogP contribution in [-0.4, -0.2) is 67.9 Å². The maximum atomic E-state index is 12.8. The Balaban J connectivity index is 2.45. The smallest absolute Gasteiger partial charge is 0.222 e. The van der Waals surface area contributed by atoms with Gasteiger partial charge in [-0.15, -0.1) is 0 Å². The van der Waals surface area contributed by atoms with Crippen molar-refractivity contribution in [3.05, 3.63) is 0 Å². The zero-order valence-corrected chi connectivity index (χ0v) is 17.2. The molecule has 0 spiro atoms. The summed E-state index contributed by atoms with van der Waals surface area (Å²) in [5.41, 5.74) is 0. The topological polar surface area (TPSA) is 42.0 Å². The summed E-state index contributed by atoms with van der Waals surface area (Å²) in [5, 5.41) is 0. The maximum Gasteiger partial charge on any atom is 0.222 e. The lowest BCUT2D eigenvalue weighted by Crippen LogP contribution is -2.52. The van der Waals surface area contributed by atoms with Crippen LogP contribution in [0.1, 0.15) is 72.1 Å². The van der Waals surface area contributed by atoms with Crippen LogP contribution in [0.5, 0.6) is 0 Å². The van der Waals surface area contributed by atoms with Crippen molar-refractivity contribution in [2.24, 2.45) is 0 Å². The van der Waals surface area contributed by atoms with E-state index in [1.54, 1.807) is 0 Å². The van der Waals surface area contributed by atoms with E-state index in [4.69, 9.17) is 9.47 Å². The van der Waals surface area contributed by atoms with Gasteiger partial charge in [-0.1, -0.05) is 39.0 Å². The second kappa shape index (κ2) is 11.9. The highest BCUT2D eigenvalue weighted by Crippen LogP contribution is 2.21. The van der Waals surface area contributed by atoms with Gasteiger partial charge in [0.05, 0.1) is 19.3 Å². The Morgan fingerprint density at radius 3 is 2.16 bits per heavy atom. The molecular weight excluding hydrogens is 316 g/mol. The van der Waals surface area contributed by atoms with E-state index in [9.17, 15) is 4.79 Å². The molecule has 5 heteroatoms. The summed E-state index contributed by atoms with van der Waals surface area (Å²) in [7, 11) is 4.13. The highest BCUT2D eigenvalue weighted by molar-refractivity contribution is 5.76. The fourth-order valence-electron chi connectivity index (χ4n) is 3.13. The Morgan fingerprint density at radius 2 is 1.56 bits per heavy atom. The number of hydrogen-bond donors (Lipinski definition) is 0. The minimum atomic E-state index is -0.534. The lowest BCUT2D eigenvalue weighted by molar-refractivity contribution is -0.262. The third-order valence-corrected chi connectivity index (χ3v) is 4.76. The molecule has 0 atom stereocenters. The summed E-state index contributed by atoms with van der Waals surface area (Å²) in [6, 6.07) is 0.0442. The van der Waals surface area contributed by atoms with E-state index in [1.165, 1.54) is 25.7 Å². The number of hydrogen-bond acceptors (Lipinski definition) is 4. The van der Waals surface area contributed by atoms with Gasteiger partial charge in [0, 0.05) is 13.0 Å². The predicted molar refractivity (Wildman–Crippen MR) is 103 cm³/mol. The molecule has 0 aromatic rings. The van der Waals surface area contributed by atoms with Gasteiger partial charge in [-0.2, -0.15) is 0 Å². The number of ether oxygens (including phenoxy) is 2. The molecule has 5 nitrogen and oxygen atoms in total. The van der Waals surface area contributed by atoms with Crippen LogP contribution in [-0.2, 0) is 14.3 Å². The lowest BCUT2D eigenvalue weighted by Gasteiger charge is -2.40. The van der Waals surface area contributed by atoms with Crippen LogP contribution in [0.25, 0.3) is 0 Å². The zero-order chi connectivity index (χ0) is 18.7. The quantitative estimate of drug-likeness (QED) is 0.500. The number of carbonyl (C=O) groups is 1. The van der Waals surface area contributed by atoms with Crippen molar-refractivity contribution < 1.29 is 14.3 Å². The lowest BCUT2D eigenvalue weighted by atomic mass is 10.1. The highest BCUT2D eigenvalue weighted by Gasteiger charge is 2.33. The van der Waals surface area contributed by atoms with Gasteiger partial charge >= 0.3 is 0 Å². The van der Waals surface area contributed by atoms with Gasteiger partial charge in [0.15, 0.2) is 5.79 Å². The first kappa shape index (κ1) is 22.4. The Bertz CT molecular complexity index is 362. The Morgan fingerprint density at radius 1 is 0.960 bits per heavy atom. The molecule has 1 fully saturated rings. The molecular formula is C20H40N2O3. The van der Waals surface area contributed by atoms with Gasteiger partial charge in [0.1, 0.15) is 0 Å². The molecule has 0 radical (unpaired) electrons. The molecule has 1 aliphatic rings. The summed E-state index contributed by atoms with van der Waals surface area (Å²) in [6.07, 6.45) is 8.87. The minimum absolute atomic E-state index is 0.0442. The van der Waals surface area contributed by atoms with Crippen LogP contribution in [0.4, 0.5) is 0 Å². The molecule has 1 rings (SSSR count). The number of rotatable bonds is 12. The fraction of sp³-hybridized carbons (Fsp3) is 0.950. The van der Waals surface area contributed by atoms with E-state index in [1.807, 2.05) is 18.7 Å². The standard InChI is InChI=1S/C20H40N2O3/c1-6-7-8-9-10-11-13-19(23)22(15-12-14-21(4)5)18-16-24-20(2,3)25-17-18/h18H,6-17H2,1-5H3. The summed E-state index contributed by atoms with van der Waals surface area (Å²) in [4.78, 5) is 16.9. The Kier molecular flexibility index (Phi) is 10.6. The number of carbonyl (C=O) groups excluding carboxylic acids is 1. The van der Waals surface area contributed by atoms with Crippen molar-refractivity contribution in [3.8, 4) is 0 Å². The third kappa shape index (κ3) is 9.57. The molecule has 0 saturated carbocycles. The molecule has 0 aliphatic carbocycles. The molecule has 1 heterocycles. The van der Waals surface area contributed by atoms with Gasteiger partial charge in [0.25, 0.3) is 0 Å². The average Bonchev–Trinajstić information content (AvgIpc) is 2.55. The van der Waals surface area contributed by atoms with E-state index < -0.39 is 5.79 Å². The van der Waals surface area contributed by atoms with Crippen molar-refractivity contribution >= 4 is 5.91 Å². The van der Waals surface area contributed by atoms with Crippen LogP contribution in [0.2, 0.25) is 0 Å². The van der Waals surface area contributed by atoms with E-state index >= 15 is 0 Å². The Labute approximate surface area is 155 Å². The summed E-state index contributed by atoms with van der Waals surface area (Å²) >= 11 is 0. The minimum Gasteiger partial charge on any atom is -0.348 e. The molecule has 0 aromatic carbocycles. The van der Waals surface area contributed by atoms with Gasteiger partial charge in [-0.05, 0) is 47.3 Å². The zero-order valence-electron chi connectivity index (χ0n) is 17.2. The molecule has 0 aromatic heterocycles. The molecule has 1 aliphatic heterocycles. The molecule has 1 amide bonds. The normalized spacial score (nSPS) is 17.8. The molecule has 0 unspecified atom stereocenters. The van der Waals surface area contributed by atoms with Gasteiger partial charge in [-0.25, -0.2) is 0 Å². The molecule has 148 valence electrons. The van der Waals surface area contributed by atoms with Crippen molar-refractivity contribution in [1.29, 1.82) is 0 Å². The fourth-order valence-corrected chi connectivity index (χ4v) is 3.13. The first-order valence-corrected chi connectivity index (χ1v) is 10.1. The predicted octanol–water partition coefficient (Wildman–Crippen LogP) is 3.67. The maximum absolute atomic E-state index is 12.8. The van der Waals surface area contributed by atoms with E-state index in [-0.39, 0.29) is 11.9 Å². The number of unbranched alkanes of at least 4 members (excludes halogenated alkanes) is 5. The van der Waals surface area contributed by atoms with Crippen LogP contribution in [0, 0.1) is 0 Å². The van der Waals surface area contributed by atoms with Gasteiger partial charge < -0.3 is 19.3 Å². The molecule has 25 heavy (non-hydrogen) atoms. The van der Waals surface area contributed by atoms with Crippen molar-refractivity contribution in [3.63, 3.8) is 0 Å². The summed E-state index contributed by atoms with van der Waals surface area (Å²) < 4.78 is 11.6. The van der Waals surface area contributed by atoms with Crippen LogP contribution >= 0.6 is 0 Å². The molecule has 0 N–H and O–H groups in total. The van der Waals surface area contributed by atoms with Crippen molar-refractivity contribution in [2.75, 3.05) is 40.4 Å². The SMILES string of the molecule is CCCCCCCCC(=O)N(CCCN(C)C)C1COC(C)(C)OC1. The average molecular weight is 357 g/mol. The number of amides is 1. The highest BCUT2D eigenvalue weighted by atomic mass is 16.7. The second-order valence-corrected chi connectivity index (χ2v) is 7.94. The first-order valence-electron chi connectivity index (χ1n) is 10.1. The van der Waals surface area contributed by atoms with Crippen molar-refractivity contribution in [2.45, 2.75) is 84.0 Å². The van der Waals surface area contributed by atoms with E-state index in [0.717, 1.165) is 32.4 Å². The monoisotopic (exact) mass is 356 g/mol. The van der Waals surface area contributed by atoms with Crippen LogP contribution < -0.4 is 0 Å². The van der Waals surface area contributed by atoms with E-state index in [0.29, 0.717) is 19.6 Å². The largest absolute Gasteiger partial charge is 0.348 e. The molecule has 1 saturated heterocycles.